The molecule has 0 fully saturated rings. The van der Waals surface area contributed by atoms with Crippen molar-refractivity contribution in [3.05, 3.63) is 77.4 Å². The van der Waals surface area contributed by atoms with Gasteiger partial charge in [-0.15, -0.1) is 0 Å². The van der Waals surface area contributed by atoms with Crippen molar-refractivity contribution in [2.24, 2.45) is 22.9 Å². The van der Waals surface area contributed by atoms with Crippen molar-refractivity contribution in [3.63, 3.8) is 0 Å². The first-order chi connectivity index (χ1) is 12.6. The molecule has 132 valence electrons. The van der Waals surface area contributed by atoms with Crippen LogP contribution in [0.4, 0.5) is 5.69 Å². The van der Waals surface area contributed by atoms with Crippen LogP contribution in [-0.2, 0) is 7.05 Å². The molecule has 3 aromatic rings. The van der Waals surface area contributed by atoms with Crippen LogP contribution >= 0.6 is 12.2 Å². The zero-order chi connectivity index (χ0) is 18.5. The molecular formula is C19H20N6S. The largest absolute Gasteiger partial charge is 0.375 e. The van der Waals surface area contributed by atoms with E-state index in [1.54, 1.807) is 0 Å². The number of hydrogen-bond donors (Lipinski definition) is 2. The first-order valence-electron chi connectivity index (χ1n) is 8.10. The van der Waals surface area contributed by atoms with Gasteiger partial charge in [0.05, 0.1) is 11.4 Å². The number of thiocarbonyl (C=S) groups is 1. The molecule has 0 aliphatic carbocycles. The summed E-state index contributed by atoms with van der Waals surface area (Å²) in [5.41, 5.74) is 12.5. The molecule has 26 heavy (non-hydrogen) atoms. The lowest BCUT2D eigenvalue weighted by atomic mass is 10.2. The summed E-state index contributed by atoms with van der Waals surface area (Å²) >= 11 is 4.90. The number of nitrogens with two attached hydrogens (primary N) is 1. The van der Waals surface area contributed by atoms with Crippen LogP contribution in [0.25, 0.3) is 5.69 Å². The van der Waals surface area contributed by atoms with Crippen molar-refractivity contribution in [2.45, 2.75) is 6.92 Å². The number of aliphatic imine (C=N–C) groups is 1. The smallest absolute Gasteiger partial charge is 0.200 e. The highest BCUT2D eigenvalue weighted by molar-refractivity contribution is 7.80. The van der Waals surface area contributed by atoms with E-state index in [9.17, 15) is 0 Å². The molecule has 0 aliphatic rings. The molecule has 0 saturated carbocycles. The lowest BCUT2D eigenvalue weighted by molar-refractivity contribution is 0.617. The molecule has 2 aromatic carbocycles. The highest BCUT2D eigenvalue weighted by Crippen LogP contribution is 2.17. The van der Waals surface area contributed by atoms with E-state index in [2.05, 4.69) is 15.5 Å². The second-order valence-electron chi connectivity index (χ2n) is 5.69. The molecule has 0 bridgehead atoms. The molecular weight excluding hydrogens is 344 g/mol. The molecule has 3 rings (SSSR count). The monoisotopic (exact) mass is 364 g/mol. The summed E-state index contributed by atoms with van der Waals surface area (Å²) in [6, 6.07) is 19.8. The zero-order valence-corrected chi connectivity index (χ0v) is 15.4. The summed E-state index contributed by atoms with van der Waals surface area (Å²) < 4.78 is 3.95. The average Bonchev–Trinajstić information content (AvgIpc) is 2.90. The van der Waals surface area contributed by atoms with Gasteiger partial charge >= 0.3 is 0 Å². The SMILES string of the molecule is Cc1c(N=Cc2ccccc2)/c(=N/NC(N)=S)n(-c2ccccc2)n1C. The maximum Gasteiger partial charge on any atom is 0.200 e. The van der Waals surface area contributed by atoms with E-state index in [4.69, 9.17) is 18.0 Å². The van der Waals surface area contributed by atoms with Crippen LogP contribution in [-0.4, -0.2) is 20.7 Å². The minimum atomic E-state index is 0.101. The Balaban J connectivity index is 2.19. The number of hydrogen-bond acceptors (Lipinski definition) is 3. The summed E-state index contributed by atoms with van der Waals surface area (Å²) in [6.07, 6.45) is 1.82. The van der Waals surface area contributed by atoms with Gasteiger partial charge in [-0.25, -0.2) is 4.68 Å². The van der Waals surface area contributed by atoms with Crippen molar-refractivity contribution in [2.75, 3.05) is 0 Å². The summed E-state index contributed by atoms with van der Waals surface area (Å²) in [7, 11) is 1.96. The predicted molar refractivity (Wildman–Crippen MR) is 109 cm³/mol. The summed E-state index contributed by atoms with van der Waals surface area (Å²) in [6.45, 7) is 2.00. The summed E-state index contributed by atoms with van der Waals surface area (Å²) in [4.78, 5) is 4.68. The van der Waals surface area contributed by atoms with E-state index >= 15 is 0 Å². The minimum absolute atomic E-state index is 0.101. The van der Waals surface area contributed by atoms with Crippen molar-refractivity contribution in [1.29, 1.82) is 0 Å². The Morgan fingerprint density at radius 1 is 1.08 bits per heavy atom. The van der Waals surface area contributed by atoms with Gasteiger partial charge in [0.15, 0.2) is 10.6 Å². The molecule has 0 amide bonds. The van der Waals surface area contributed by atoms with Gasteiger partial charge in [0, 0.05) is 13.3 Å². The van der Waals surface area contributed by atoms with Crippen molar-refractivity contribution in [1.82, 2.24) is 14.8 Å². The highest BCUT2D eigenvalue weighted by atomic mass is 32.1. The number of para-hydroxylation sites is 1. The molecule has 1 aromatic heterocycles. The molecule has 0 aliphatic heterocycles. The predicted octanol–water partition coefficient (Wildman–Crippen LogP) is 2.52. The third-order valence-electron chi connectivity index (χ3n) is 3.96. The third kappa shape index (κ3) is 3.73. The highest BCUT2D eigenvalue weighted by Gasteiger charge is 2.14. The molecule has 7 heteroatoms. The van der Waals surface area contributed by atoms with E-state index in [1.807, 2.05) is 90.2 Å². The second kappa shape index (κ2) is 7.79. The molecule has 0 radical (unpaired) electrons. The van der Waals surface area contributed by atoms with Gasteiger partial charge in [0.1, 0.15) is 5.69 Å². The standard InChI is InChI=1S/C19H20N6S/c1-14-17(21-13-15-9-5-3-6-10-15)18(22-23-19(20)26)25(24(14)2)16-11-7-4-8-12-16/h3-13H,1-2H3,(H3,20,23,26)/b21-13?,22-18-. The molecule has 3 N–H and O–H groups in total. The summed E-state index contributed by atoms with van der Waals surface area (Å²) in [5.74, 6) is 0. The van der Waals surface area contributed by atoms with Gasteiger partial charge in [-0.3, -0.25) is 15.1 Å². The Bertz CT molecular complexity index is 1000. The molecule has 0 atom stereocenters. The van der Waals surface area contributed by atoms with Crippen molar-refractivity contribution >= 4 is 29.2 Å². The molecule has 1 heterocycles. The van der Waals surface area contributed by atoms with Crippen LogP contribution in [0.1, 0.15) is 11.3 Å². The number of rotatable bonds is 4. The topological polar surface area (TPSA) is 72.6 Å². The average molecular weight is 364 g/mol. The summed E-state index contributed by atoms with van der Waals surface area (Å²) in [5, 5.41) is 4.49. The first kappa shape index (κ1) is 17.6. The Morgan fingerprint density at radius 2 is 1.69 bits per heavy atom. The van der Waals surface area contributed by atoms with Gasteiger partial charge in [-0.1, -0.05) is 48.5 Å². The van der Waals surface area contributed by atoms with Gasteiger partial charge < -0.3 is 5.73 Å². The van der Waals surface area contributed by atoms with Crippen LogP contribution in [0, 0.1) is 6.92 Å². The zero-order valence-electron chi connectivity index (χ0n) is 14.6. The Morgan fingerprint density at radius 3 is 2.31 bits per heavy atom. The molecule has 0 spiro atoms. The number of nitrogens with one attached hydrogen (secondary N) is 1. The third-order valence-corrected chi connectivity index (χ3v) is 4.05. The van der Waals surface area contributed by atoms with E-state index in [0.29, 0.717) is 5.49 Å². The van der Waals surface area contributed by atoms with Gasteiger partial charge in [-0.2, -0.15) is 5.10 Å². The van der Waals surface area contributed by atoms with Crippen LogP contribution in [0.5, 0.6) is 0 Å². The van der Waals surface area contributed by atoms with E-state index in [1.165, 1.54) is 0 Å². The van der Waals surface area contributed by atoms with Gasteiger partial charge in [-0.05, 0) is 36.8 Å². The number of nitrogens with zero attached hydrogens (tertiary/aromatic N) is 4. The Hall–Kier alpha value is -3.19. The van der Waals surface area contributed by atoms with E-state index < -0.39 is 0 Å². The van der Waals surface area contributed by atoms with Crippen LogP contribution in [0.15, 0.2) is 70.8 Å². The fraction of sp³-hybridized carbons (Fsp3) is 0.105. The first-order valence-corrected chi connectivity index (χ1v) is 8.51. The van der Waals surface area contributed by atoms with Crippen LogP contribution in [0.3, 0.4) is 0 Å². The number of aromatic nitrogens is 2. The Labute approximate surface area is 157 Å². The molecule has 6 nitrogen and oxygen atoms in total. The van der Waals surface area contributed by atoms with Crippen LogP contribution in [0.2, 0.25) is 0 Å². The number of benzene rings is 2. The molecule has 0 unspecified atom stereocenters. The fourth-order valence-electron chi connectivity index (χ4n) is 2.61. The minimum Gasteiger partial charge on any atom is -0.375 e. The van der Waals surface area contributed by atoms with E-state index in [-0.39, 0.29) is 5.11 Å². The molecule has 0 saturated heterocycles. The van der Waals surface area contributed by atoms with Crippen LogP contribution < -0.4 is 16.6 Å². The lowest BCUT2D eigenvalue weighted by Gasteiger charge is -2.09. The second-order valence-corrected chi connectivity index (χ2v) is 6.13. The van der Waals surface area contributed by atoms with Crippen molar-refractivity contribution < 1.29 is 0 Å². The Kier molecular flexibility index (Phi) is 5.28. The maximum atomic E-state index is 5.56. The van der Waals surface area contributed by atoms with Gasteiger partial charge in [0.25, 0.3) is 0 Å². The fourth-order valence-corrected chi connectivity index (χ4v) is 2.66. The normalized spacial score (nSPS) is 11.8. The van der Waals surface area contributed by atoms with Crippen molar-refractivity contribution in [3.8, 4) is 5.69 Å². The maximum absolute atomic E-state index is 5.56. The van der Waals surface area contributed by atoms with E-state index in [0.717, 1.165) is 22.6 Å². The lowest BCUT2D eigenvalue weighted by Crippen LogP contribution is -2.30. The quantitative estimate of drug-likeness (QED) is 0.424. The van der Waals surface area contributed by atoms with Gasteiger partial charge in [0.2, 0.25) is 0 Å².